The molecule has 1 aromatic heterocycles. The number of fused-ring (bicyclic) bond motifs is 3. The standard InChI is InChI=1S/C33H37N5/c1-24-9-13-27(14-10-24)33(28-15-11-25(2)12-16-28)29-17-21-36(22-18-29)19-6-20-37-23-32-35-34-26(3)38(32)31-8-5-4-7-30(31)37/h4-5,7-16H,6,17-23H2,1-3H3. The highest BCUT2D eigenvalue weighted by atomic mass is 15.3. The lowest BCUT2D eigenvalue weighted by atomic mass is 9.88. The van der Waals surface area contributed by atoms with Gasteiger partial charge < -0.3 is 9.80 Å². The highest BCUT2D eigenvalue weighted by Crippen LogP contribution is 2.34. The highest BCUT2D eigenvalue weighted by molar-refractivity contribution is 5.82. The Bertz CT molecular complexity index is 1390. The molecule has 38 heavy (non-hydrogen) atoms. The van der Waals surface area contributed by atoms with E-state index in [9.17, 15) is 0 Å². The van der Waals surface area contributed by atoms with Crippen LogP contribution >= 0.6 is 0 Å². The van der Waals surface area contributed by atoms with E-state index in [4.69, 9.17) is 0 Å². The number of likely N-dealkylation sites (tertiary alicyclic amines) is 1. The summed E-state index contributed by atoms with van der Waals surface area (Å²) >= 11 is 0. The second-order valence-corrected chi connectivity index (χ2v) is 10.8. The molecular weight excluding hydrogens is 466 g/mol. The van der Waals surface area contributed by atoms with Gasteiger partial charge in [-0.2, -0.15) is 0 Å². The third-order valence-corrected chi connectivity index (χ3v) is 8.08. The first kappa shape index (κ1) is 24.6. The smallest absolute Gasteiger partial charge is 0.157 e. The van der Waals surface area contributed by atoms with Crippen molar-refractivity contribution in [3.8, 4) is 5.69 Å². The lowest BCUT2D eigenvalue weighted by molar-refractivity contribution is 0.254. The highest BCUT2D eigenvalue weighted by Gasteiger charge is 2.25. The van der Waals surface area contributed by atoms with Crippen molar-refractivity contribution in [2.45, 2.75) is 46.6 Å². The third-order valence-electron chi connectivity index (χ3n) is 8.08. The lowest BCUT2D eigenvalue weighted by Crippen LogP contribution is -2.35. The summed E-state index contributed by atoms with van der Waals surface area (Å²) in [4.78, 5) is 5.12. The van der Waals surface area contributed by atoms with E-state index in [1.165, 1.54) is 39.2 Å². The Hall–Kier alpha value is -3.70. The van der Waals surface area contributed by atoms with E-state index in [0.717, 1.165) is 63.6 Å². The number of para-hydroxylation sites is 2. The topological polar surface area (TPSA) is 37.2 Å². The Labute approximate surface area is 226 Å². The molecule has 4 aromatic rings. The zero-order valence-electron chi connectivity index (χ0n) is 22.8. The molecule has 5 heteroatoms. The van der Waals surface area contributed by atoms with Crippen molar-refractivity contribution >= 4 is 11.3 Å². The fourth-order valence-electron chi connectivity index (χ4n) is 6.00. The summed E-state index contributed by atoms with van der Waals surface area (Å²) < 4.78 is 2.20. The van der Waals surface area contributed by atoms with E-state index in [1.54, 1.807) is 5.57 Å². The first-order chi connectivity index (χ1) is 18.6. The minimum Gasteiger partial charge on any atom is -0.362 e. The van der Waals surface area contributed by atoms with Gasteiger partial charge in [-0.05, 0) is 75.4 Å². The molecule has 2 aliphatic heterocycles. The second kappa shape index (κ2) is 10.6. The van der Waals surface area contributed by atoms with Gasteiger partial charge in [0.25, 0.3) is 0 Å². The summed E-state index contributed by atoms with van der Waals surface area (Å²) in [5.74, 6) is 1.99. The van der Waals surface area contributed by atoms with Crippen LogP contribution in [0.2, 0.25) is 0 Å². The summed E-state index contributed by atoms with van der Waals surface area (Å²) in [6.07, 6.45) is 3.40. The largest absolute Gasteiger partial charge is 0.362 e. The number of hydrogen-bond donors (Lipinski definition) is 0. The molecule has 6 rings (SSSR count). The molecule has 0 bridgehead atoms. The maximum Gasteiger partial charge on any atom is 0.157 e. The molecule has 0 aliphatic carbocycles. The molecule has 0 spiro atoms. The van der Waals surface area contributed by atoms with Crippen molar-refractivity contribution in [3.05, 3.63) is 112 Å². The molecule has 0 radical (unpaired) electrons. The van der Waals surface area contributed by atoms with Crippen LogP contribution in [0.25, 0.3) is 11.3 Å². The van der Waals surface area contributed by atoms with Gasteiger partial charge in [0.2, 0.25) is 0 Å². The summed E-state index contributed by atoms with van der Waals surface area (Å²) in [5.41, 5.74) is 10.8. The van der Waals surface area contributed by atoms with E-state index in [1.807, 2.05) is 6.92 Å². The number of anilines is 1. The SMILES string of the molecule is Cc1ccc(C(=C2CCN(CCCN3Cc4nnc(C)n4-c4ccccc43)CC2)c2ccc(C)cc2)cc1. The first-order valence-electron chi connectivity index (χ1n) is 13.9. The van der Waals surface area contributed by atoms with E-state index in [0.29, 0.717) is 0 Å². The molecule has 0 unspecified atom stereocenters. The molecule has 1 fully saturated rings. The lowest BCUT2D eigenvalue weighted by Gasteiger charge is -2.33. The summed E-state index contributed by atoms with van der Waals surface area (Å²) in [5, 5.41) is 8.78. The van der Waals surface area contributed by atoms with E-state index < -0.39 is 0 Å². The van der Waals surface area contributed by atoms with E-state index >= 15 is 0 Å². The van der Waals surface area contributed by atoms with Gasteiger partial charge in [-0.3, -0.25) is 4.57 Å². The maximum absolute atomic E-state index is 4.44. The van der Waals surface area contributed by atoms with Gasteiger partial charge in [0, 0.05) is 19.6 Å². The van der Waals surface area contributed by atoms with Crippen LogP contribution in [-0.4, -0.2) is 45.8 Å². The van der Waals surface area contributed by atoms with Crippen molar-refractivity contribution < 1.29 is 0 Å². The zero-order chi connectivity index (χ0) is 26.1. The number of piperidine rings is 1. The average molecular weight is 504 g/mol. The molecule has 5 nitrogen and oxygen atoms in total. The van der Waals surface area contributed by atoms with Gasteiger partial charge in [0.15, 0.2) is 5.82 Å². The summed E-state index contributed by atoms with van der Waals surface area (Å²) in [6, 6.07) is 26.8. The van der Waals surface area contributed by atoms with Gasteiger partial charge in [0.05, 0.1) is 17.9 Å². The van der Waals surface area contributed by atoms with Gasteiger partial charge in [-0.15, -0.1) is 10.2 Å². The van der Waals surface area contributed by atoms with Gasteiger partial charge >= 0.3 is 0 Å². The molecular formula is C33H37N5. The minimum absolute atomic E-state index is 0.821. The Morgan fingerprint density at radius 1 is 0.711 bits per heavy atom. The zero-order valence-corrected chi connectivity index (χ0v) is 22.8. The van der Waals surface area contributed by atoms with Crippen molar-refractivity contribution in [3.63, 3.8) is 0 Å². The number of aryl methyl sites for hydroxylation is 3. The fourth-order valence-corrected chi connectivity index (χ4v) is 6.00. The van der Waals surface area contributed by atoms with E-state index in [2.05, 4.69) is 111 Å². The number of aromatic nitrogens is 3. The molecule has 0 saturated carbocycles. The molecule has 3 heterocycles. The van der Waals surface area contributed by atoms with Gasteiger partial charge in [0.1, 0.15) is 5.82 Å². The molecule has 0 amide bonds. The quantitative estimate of drug-likeness (QED) is 0.301. The number of nitrogens with zero attached hydrogens (tertiary/aromatic N) is 5. The van der Waals surface area contributed by atoms with Crippen molar-refractivity contribution in [1.29, 1.82) is 0 Å². The van der Waals surface area contributed by atoms with Crippen LogP contribution in [0, 0.1) is 20.8 Å². The molecule has 3 aromatic carbocycles. The Morgan fingerprint density at radius 3 is 1.95 bits per heavy atom. The van der Waals surface area contributed by atoms with Gasteiger partial charge in [-0.25, -0.2) is 0 Å². The monoisotopic (exact) mass is 503 g/mol. The second-order valence-electron chi connectivity index (χ2n) is 10.8. The van der Waals surface area contributed by atoms with Crippen LogP contribution in [0.15, 0.2) is 78.4 Å². The first-order valence-corrected chi connectivity index (χ1v) is 13.9. The van der Waals surface area contributed by atoms with Crippen LogP contribution in [0.4, 0.5) is 5.69 Å². The van der Waals surface area contributed by atoms with Gasteiger partial charge in [-0.1, -0.05) is 77.4 Å². The summed E-state index contributed by atoms with van der Waals surface area (Å²) in [6.45, 7) is 11.6. The van der Waals surface area contributed by atoms with Crippen LogP contribution < -0.4 is 4.90 Å². The molecule has 2 aliphatic rings. The fraction of sp³-hybridized carbons (Fsp3) is 0.333. The Morgan fingerprint density at radius 2 is 1.32 bits per heavy atom. The molecule has 0 N–H and O–H groups in total. The van der Waals surface area contributed by atoms with E-state index in [-0.39, 0.29) is 0 Å². The normalized spacial score (nSPS) is 15.3. The van der Waals surface area contributed by atoms with Crippen LogP contribution in [0.1, 0.15) is 53.2 Å². The van der Waals surface area contributed by atoms with Crippen molar-refractivity contribution in [2.75, 3.05) is 31.1 Å². The van der Waals surface area contributed by atoms with Crippen LogP contribution in [0.5, 0.6) is 0 Å². The minimum atomic E-state index is 0.821. The number of rotatable bonds is 6. The van der Waals surface area contributed by atoms with Crippen molar-refractivity contribution in [1.82, 2.24) is 19.7 Å². The predicted octanol–water partition coefficient (Wildman–Crippen LogP) is 6.50. The average Bonchev–Trinajstić information content (AvgIpc) is 3.32. The number of hydrogen-bond acceptors (Lipinski definition) is 4. The van der Waals surface area contributed by atoms with Crippen LogP contribution in [-0.2, 0) is 6.54 Å². The van der Waals surface area contributed by atoms with Crippen LogP contribution in [0.3, 0.4) is 0 Å². The number of benzene rings is 3. The third kappa shape index (κ3) is 4.91. The van der Waals surface area contributed by atoms with Crippen molar-refractivity contribution in [2.24, 2.45) is 0 Å². The molecule has 0 atom stereocenters. The summed E-state index contributed by atoms with van der Waals surface area (Å²) in [7, 11) is 0. The molecule has 194 valence electrons. The molecule has 1 saturated heterocycles. The Kier molecular flexibility index (Phi) is 6.86. The Balaban J connectivity index is 1.12. The maximum atomic E-state index is 4.44. The predicted molar refractivity (Wildman–Crippen MR) is 156 cm³/mol.